The topological polar surface area (TPSA) is 28.2 Å². The molecule has 1 N–H and O–H groups in total. The van der Waals surface area contributed by atoms with Crippen LogP contribution in [0.1, 0.15) is 57.6 Å². The van der Waals surface area contributed by atoms with Crippen LogP contribution in [-0.2, 0) is 6.54 Å². The molecule has 0 aromatic carbocycles. The summed E-state index contributed by atoms with van der Waals surface area (Å²) in [5, 5.41) is 4.11. The molecule has 4 heteroatoms. The zero-order valence-corrected chi connectivity index (χ0v) is 14.1. The lowest BCUT2D eigenvalue weighted by Gasteiger charge is -2.27. The molecule has 0 saturated heterocycles. The van der Waals surface area contributed by atoms with Gasteiger partial charge >= 0.3 is 0 Å². The Bertz CT molecular complexity index is 428. The van der Waals surface area contributed by atoms with Gasteiger partial charge in [-0.3, -0.25) is 4.90 Å². The van der Waals surface area contributed by atoms with Crippen molar-refractivity contribution >= 4 is 17.4 Å². The van der Waals surface area contributed by atoms with Crippen LogP contribution in [-0.4, -0.2) is 29.5 Å². The van der Waals surface area contributed by atoms with Crippen LogP contribution in [0.25, 0.3) is 0 Å². The van der Waals surface area contributed by atoms with Crippen LogP contribution in [0.15, 0.2) is 12.1 Å². The molecule has 0 atom stereocenters. The number of pyridine rings is 1. The Balaban J connectivity index is 1.99. The van der Waals surface area contributed by atoms with Crippen LogP contribution in [0.3, 0.4) is 0 Å². The summed E-state index contributed by atoms with van der Waals surface area (Å²) in [7, 11) is 2.21. The third-order valence-corrected chi connectivity index (χ3v) is 4.67. The van der Waals surface area contributed by atoms with E-state index in [-0.39, 0.29) is 0 Å². The second-order valence-corrected chi connectivity index (χ2v) is 6.52. The number of anilines is 1. The molecule has 1 saturated carbocycles. The van der Waals surface area contributed by atoms with Crippen molar-refractivity contribution in [3.63, 3.8) is 0 Å². The van der Waals surface area contributed by atoms with E-state index in [0.717, 1.165) is 36.0 Å². The highest BCUT2D eigenvalue weighted by Crippen LogP contribution is 2.24. The lowest BCUT2D eigenvalue weighted by atomic mass is 10.1. The second kappa shape index (κ2) is 8.60. The predicted octanol–water partition coefficient (Wildman–Crippen LogP) is 4.71. The van der Waals surface area contributed by atoms with E-state index in [1.54, 1.807) is 0 Å². The smallest absolute Gasteiger partial charge is 0.126 e. The Morgan fingerprint density at radius 1 is 1.24 bits per heavy atom. The van der Waals surface area contributed by atoms with Gasteiger partial charge in [-0.15, -0.1) is 0 Å². The van der Waals surface area contributed by atoms with Crippen molar-refractivity contribution in [2.75, 3.05) is 18.9 Å². The molecular formula is C17H28ClN3. The Kier molecular flexibility index (Phi) is 6.78. The summed E-state index contributed by atoms with van der Waals surface area (Å²) in [5.41, 5.74) is 0.990. The van der Waals surface area contributed by atoms with Crippen LogP contribution in [0.4, 0.5) is 5.82 Å². The van der Waals surface area contributed by atoms with E-state index in [1.807, 2.05) is 12.1 Å². The Morgan fingerprint density at radius 3 is 2.62 bits per heavy atom. The van der Waals surface area contributed by atoms with Crippen molar-refractivity contribution in [1.29, 1.82) is 0 Å². The molecule has 0 amide bonds. The number of hydrogen-bond acceptors (Lipinski definition) is 3. The molecular weight excluding hydrogens is 282 g/mol. The maximum absolute atomic E-state index is 6.33. The zero-order chi connectivity index (χ0) is 15.1. The molecule has 1 aromatic heterocycles. The molecule has 0 unspecified atom stereocenters. The van der Waals surface area contributed by atoms with Gasteiger partial charge < -0.3 is 5.32 Å². The summed E-state index contributed by atoms with van der Waals surface area (Å²) in [4.78, 5) is 7.12. The third kappa shape index (κ3) is 5.15. The first-order valence-corrected chi connectivity index (χ1v) is 8.68. The molecule has 21 heavy (non-hydrogen) atoms. The van der Waals surface area contributed by atoms with Crippen LogP contribution >= 0.6 is 11.6 Å². The second-order valence-electron chi connectivity index (χ2n) is 6.11. The molecule has 1 aliphatic carbocycles. The number of nitrogens with one attached hydrogen (secondary N) is 1. The standard InChI is InChI=1S/C17H28ClN3/c1-3-12-19-17-11-10-15(18)16(20-17)13-21(2)14-8-6-4-5-7-9-14/h10-11,14H,3-9,12-13H2,1-2H3,(H,19,20). The first kappa shape index (κ1) is 16.6. The lowest BCUT2D eigenvalue weighted by Crippen LogP contribution is -2.31. The van der Waals surface area contributed by atoms with E-state index in [4.69, 9.17) is 11.6 Å². The van der Waals surface area contributed by atoms with Gasteiger partial charge in [0.1, 0.15) is 5.82 Å². The van der Waals surface area contributed by atoms with Gasteiger partial charge in [-0.25, -0.2) is 4.98 Å². The fourth-order valence-corrected chi connectivity index (χ4v) is 3.18. The molecule has 118 valence electrons. The Labute approximate surface area is 134 Å². The molecule has 0 radical (unpaired) electrons. The van der Waals surface area contributed by atoms with E-state index in [1.165, 1.54) is 38.5 Å². The highest BCUT2D eigenvalue weighted by Gasteiger charge is 2.18. The average molecular weight is 310 g/mol. The van der Waals surface area contributed by atoms with E-state index >= 15 is 0 Å². The Morgan fingerprint density at radius 2 is 1.95 bits per heavy atom. The van der Waals surface area contributed by atoms with Gasteiger partial charge in [0.05, 0.1) is 10.7 Å². The van der Waals surface area contributed by atoms with Crippen molar-refractivity contribution in [3.8, 4) is 0 Å². The Hall–Kier alpha value is -0.800. The fraction of sp³-hybridized carbons (Fsp3) is 0.706. The van der Waals surface area contributed by atoms with E-state index < -0.39 is 0 Å². The molecule has 2 rings (SSSR count). The molecule has 1 aliphatic rings. The number of nitrogens with zero attached hydrogens (tertiary/aromatic N) is 2. The van der Waals surface area contributed by atoms with Crippen LogP contribution in [0, 0.1) is 0 Å². The summed E-state index contributed by atoms with van der Waals surface area (Å²) < 4.78 is 0. The van der Waals surface area contributed by atoms with Gasteiger partial charge in [0, 0.05) is 19.1 Å². The normalized spacial score (nSPS) is 17.0. The minimum Gasteiger partial charge on any atom is -0.370 e. The maximum Gasteiger partial charge on any atom is 0.126 e. The van der Waals surface area contributed by atoms with Gasteiger partial charge in [0.25, 0.3) is 0 Å². The highest BCUT2D eigenvalue weighted by atomic mass is 35.5. The SMILES string of the molecule is CCCNc1ccc(Cl)c(CN(C)C2CCCCCC2)n1. The predicted molar refractivity (Wildman–Crippen MR) is 91.0 cm³/mol. The minimum atomic E-state index is 0.678. The van der Waals surface area contributed by atoms with Crippen molar-refractivity contribution in [2.45, 2.75) is 64.5 Å². The third-order valence-electron chi connectivity index (χ3n) is 4.32. The lowest BCUT2D eigenvalue weighted by molar-refractivity contribution is 0.211. The van der Waals surface area contributed by atoms with Crippen molar-refractivity contribution < 1.29 is 0 Å². The summed E-state index contributed by atoms with van der Waals surface area (Å²) >= 11 is 6.33. The molecule has 1 heterocycles. The molecule has 3 nitrogen and oxygen atoms in total. The summed E-state index contributed by atoms with van der Waals surface area (Å²) in [5.74, 6) is 0.936. The van der Waals surface area contributed by atoms with Gasteiger partial charge in [-0.1, -0.05) is 44.2 Å². The van der Waals surface area contributed by atoms with E-state index in [2.05, 4.69) is 29.2 Å². The molecule has 0 spiro atoms. The number of rotatable bonds is 6. The summed E-state index contributed by atoms with van der Waals surface area (Å²) in [6.07, 6.45) is 9.20. The molecule has 1 aromatic rings. The number of aromatic nitrogens is 1. The largest absolute Gasteiger partial charge is 0.370 e. The summed E-state index contributed by atoms with van der Waals surface area (Å²) in [6, 6.07) is 4.60. The van der Waals surface area contributed by atoms with Gasteiger partial charge in [0.2, 0.25) is 0 Å². The van der Waals surface area contributed by atoms with Crippen LogP contribution in [0.5, 0.6) is 0 Å². The maximum atomic E-state index is 6.33. The van der Waals surface area contributed by atoms with Gasteiger partial charge in [-0.05, 0) is 38.4 Å². The number of hydrogen-bond donors (Lipinski definition) is 1. The highest BCUT2D eigenvalue weighted by molar-refractivity contribution is 6.31. The van der Waals surface area contributed by atoms with Gasteiger partial charge in [0.15, 0.2) is 0 Å². The van der Waals surface area contributed by atoms with Crippen LogP contribution in [0.2, 0.25) is 5.02 Å². The van der Waals surface area contributed by atoms with Gasteiger partial charge in [-0.2, -0.15) is 0 Å². The number of halogens is 1. The minimum absolute atomic E-state index is 0.678. The van der Waals surface area contributed by atoms with Crippen molar-refractivity contribution in [2.24, 2.45) is 0 Å². The molecule has 1 fully saturated rings. The van der Waals surface area contributed by atoms with Crippen molar-refractivity contribution in [3.05, 3.63) is 22.8 Å². The monoisotopic (exact) mass is 309 g/mol. The van der Waals surface area contributed by atoms with Crippen molar-refractivity contribution in [1.82, 2.24) is 9.88 Å². The van der Waals surface area contributed by atoms with Crippen LogP contribution < -0.4 is 5.32 Å². The zero-order valence-electron chi connectivity index (χ0n) is 13.4. The molecule has 0 aliphatic heterocycles. The van der Waals surface area contributed by atoms with E-state index in [9.17, 15) is 0 Å². The fourth-order valence-electron chi connectivity index (χ4n) is 3.01. The average Bonchev–Trinajstić information content (AvgIpc) is 2.77. The molecule has 0 bridgehead atoms. The first-order valence-electron chi connectivity index (χ1n) is 8.30. The first-order chi connectivity index (χ1) is 10.2. The van der Waals surface area contributed by atoms with E-state index in [0.29, 0.717) is 6.04 Å². The quantitative estimate of drug-likeness (QED) is 0.771. The summed E-state index contributed by atoms with van der Waals surface area (Å²) in [6.45, 7) is 3.95.